The molecule has 0 saturated carbocycles. The van der Waals surface area contributed by atoms with Gasteiger partial charge in [-0.3, -0.25) is 9.36 Å². The number of hydrogen-bond donors (Lipinski definition) is 1. The number of nitrogens with zero attached hydrogens (tertiary/aromatic N) is 2. The van der Waals surface area contributed by atoms with Crippen LogP contribution in [0.25, 0.3) is 5.69 Å². The first-order valence-corrected chi connectivity index (χ1v) is 8.88. The van der Waals surface area contributed by atoms with E-state index in [4.69, 9.17) is 14.2 Å². The van der Waals surface area contributed by atoms with E-state index in [9.17, 15) is 4.79 Å². The number of ether oxygens (including phenoxy) is 3. The number of carbonyl (C=O) groups is 1. The predicted octanol–water partition coefficient (Wildman–Crippen LogP) is 3.37. The monoisotopic (exact) mass is 379 g/mol. The molecule has 0 spiro atoms. The number of rotatable bonds is 5. The lowest BCUT2D eigenvalue weighted by Crippen LogP contribution is -2.25. The van der Waals surface area contributed by atoms with Crippen molar-refractivity contribution < 1.29 is 19.0 Å². The number of para-hydroxylation sites is 1. The van der Waals surface area contributed by atoms with Gasteiger partial charge in [0.1, 0.15) is 17.9 Å². The van der Waals surface area contributed by atoms with E-state index < -0.39 is 0 Å². The summed E-state index contributed by atoms with van der Waals surface area (Å²) in [6.45, 7) is 0. The van der Waals surface area contributed by atoms with Gasteiger partial charge in [-0.25, -0.2) is 4.98 Å². The molecule has 7 heteroatoms. The van der Waals surface area contributed by atoms with Crippen LogP contribution in [0.4, 0.5) is 5.82 Å². The average Bonchev–Trinajstić information content (AvgIpc) is 3.16. The van der Waals surface area contributed by atoms with Crippen LogP contribution in [0.2, 0.25) is 0 Å². The SMILES string of the molecule is COc1cccc(-n2cnc3c2NC(=O)CC3c2cccc(OC)c2OC)c1. The largest absolute Gasteiger partial charge is 0.497 e. The highest BCUT2D eigenvalue weighted by Gasteiger charge is 2.33. The zero-order valence-electron chi connectivity index (χ0n) is 15.9. The summed E-state index contributed by atoms with van der Waals surface area (Å²) >= 11 is 0. The summed E-state index contributed by atoms with van der Waals surface area (Å²) in [6, 6.07) is 13.3. The Morgan fingerprint density at radius 1 is 1.07 bits per heavy atom. The molecule has 1 aromatic heterocycles. The summed E-state index contributed by atoms with van der Waals surface area (Å²) in [5, 5.41) is 2.96. The van der Waals surface area contributed by atoms with Crippen molar-refractivity contribution in [1.29, 1.82) is 0 Å². The molecule has 0 radical (unpaired) electrons. The van der Waals surface area contributed by atoms with Gasteiger partial charge >= 0.3 is 0 Å². The second-order valence-electron chi connectivity index (χ2n) is 6.44. The molecule has 28 heavy (non-hydrogen) atoms. The molecule has 2 aromatic carbocycles. The Morgan fingerprint density at radius 2 is 1.89 bits per heavy atom. The predicted molar refractivity (Wildman–Crippen MR) is 105 cm³/mol. The molecule has 1 atom stereocenters. The van der Waals surface area contributed by atoms with Crippen molar-refractivity contribution in [3.8, 4) is 22.9 Å². The number of hydrogen-bond acceptors (Lipinski definition) is 5. The van der Waals surface area contributed by atoms with Crippen LogP contribution in [-0.4, -0.2) is 36.8 Å². The molecule has 1 amide bonds. The quantitative estimate of drug-likeness (QED) is 0.736. The minimum atomic E-state index is -0.236. The highest BCUT2D eigenvalue weighted by Crippen LogP contribution is 2.43. The second kappa shape index (κ2) is 7.26. The number of nitrogens with one attached hydrogen (secondary N) is 1. The number of amides is 1. The van der Waals surface area contributed by atoms with Gasteiger partial charge in [0.2, 0.25) is 5.91 Å². The molecule has 1 N–H and O–H groups in total. The number of fused-ring (bicyclic) bond motifs is 1. The number of methoxy groups -OCH3 is 3. The Morgan fingerprint density at radius 3 is 2.64 bits per heavy atom. The molecule has 2 heterocycles. The van der Waals surface area contributed by atoms with Crippen molar-refractivity contribution in [3.05, 3.63) is 60.0 Å². The van der Waals surface area contributed by atoms with Gasteiger partial charge in [-0.15, -0.1) is 0 Å². The molecule has 144 valence electrons. The van der Waals surface area contributed by atoms with Crippen molar-refractivity contribution in [3.63, 3.8) is 0 Å². The van der Waals surface area contributed by atoms with Crippen molar-refractivity contribution in [2.24, 2.45) is 0 Å². The van der Waals surface area contributed by atoms with E-state index in [2.05, 4.69) is 10.3 Å². The fraction of sp³-hybridized carbons (Fsp3) is 0.238. The van der Waals surface area contributed by atoms with Crippen molar-refractivity contribution in [2.45, 2.75) is 12.3 Å². The highest BCUT2D eigenvalue weighted by molar-refractivity contribution is 5.94. The van der Waals surface area contributed by atoms with Crippen LogP contribution in [0.3, 0.4) is 0 Å². The maximum atomic E-state index is 12.5. The zero-order valence-corrected chi connectivity index (χ0v) is 15.9. The molecular weight excluding hydrogens is 358 g/mol. The van der Waals surface area contributed by atoms with E-state index in [1.807, 2.05) is 47.0 Å². The van der Waals surface area contributed by atoms with Crippen LogP contribution in [-0.2, 0) is 4.79 Å². The standard InChI is InChI=1S/C21H21N3O4/c1-26-14-7-4-6-13(10-14)24-12-22-19-16(11-18(25)23-21(19)24)15-8-5-9-17(27-2)20(15)28-3/h4-10,12,16H,11H2,1-3H3,(H,23,25). The van der Waals surface area contributed by atoms with Gasteiger partial charge in [-0.2, -0.15) is 0 Å². The third-order valence-electron chi connectivity index (χ3n) is 4.91. The average molecular weight is 379 g/mol. The van der Waals surface area contributed by atoms with E-state index in [1.54, 1.807) is 27.7 Å². The molecule has 3 aromatic rings. The fourth-order valence-corrected chi connectivity index (χ4v) is 3.61. The van der Waals surface area contributed by atoms with Gasteiger partial charge < -0.3 is 19.5 Å². The summed E-state index contributed by atoms with van der Waals surface area (Å²) in [5.74, 6) is 2.31. The van der Waals surface area contributed by atoms with Crippen LogP contribution in [0.5, 0.6) is 17.2 Å². The van der Waals surface area contributed by atoms with Gasteiger partial charge in [0.25, 0.3) is 0 Å². The number of aromatic nitrogens is 2. The summed E-state index contributed by atoms with van der Waals surface area (Å²) in [4.78, 5) is 17.1. The second-order valence-corrected chi connectivity index (χ2v) is 6.44. The minimum absolute atomic E-state index is 0.0768. The van der Waals surface area contributed by atoms with Crippen LogP contribution in [0.15, 0.2) is 48.8 Å². The molecule has 0 saturated heterocycles. The van der Waals surface area contributed by atoms with E-state index in [0.29, 0.717) is 17.3 Å². The first kappa shape index (κ1) is 17.9. The molecule has 1 unspecified atom stereocenters. The molecule has 0 fully saturated rings. The lowest BCUT2D eigenvalue weighted by Gasteiger charge is -2.25. The highest BCUT2D eigenvalue weighted by atomic mass is 16.5. The lowest BCUT2D eigenvalue weighted by molar-refractivity contribution is -0.116. The van der Waals surface area contributed by atoms with E-state index >= 15 is 0 Å². The van der Waals surface area contributed by atoms with Gasteiger partial charge in [-0.05, 0) is 18.2 Å². The van der Waals surface area contributed by atoms with Crippen molar-refractivity contribution in [2.75, 3.05) is 26.6 Å². The third-order valence-corrected chi connectivity index (χ3v) is 4.91. The van der Waals surface area contributed by atoms with Crippen LogP contribution in [0, 0.1) is 0 Å². The molecule has 4 rings (SSSR count). The van der Waals surface area contributed by atoms with Crippen LogP contribution in [0.1, 0.15) is 23.6 Å². The molecule has 1 aliphatic heterocycles. The topological polar surface area (TPSA) is 74.6 Å². The normalized spacial score (nSPS) is 15.5. The summed E-state index contributed by atoms with van der Waals surface area (Å²) in [5.41, 5.74) is 2.51. The van der Waals surface area contributed by atoms with Gasteiger partial charge in [0.15, 0.2) is 11.5 Å². The smallest absolute Gasteiger partial charge is 0.226 e. The van der Waals surface area contributed by atoms with E-state index in [-0.39, 0.29) is 18.2 Å². The molecular formula is C21H21N3O4. The third kappa shape index (κ3) is 2.94. The van der Waals surface area contributed by atoms with Crippen LogP contribution < -0.4 is 19.5 Å². The van der Waals surface area contributed by atoms with E-state index in [0.717, 1.165) is 22.7 Å². The molecule has 0 aliphatic carbocycles. The summed E-state index contributed by atoms with van der Waals surface area (Å²) in [6.07, 6.45) is 2.00. The van der Waals surface area contributed by atoms with E-state index in [1.165, 1.54) is 0 Å². The van der Waals surface area contributed by atoms with Gasteiger partial charge in [0, 0.05) is 24.0 Å². The Kier molecular flexibility index (Phi) is 4.65. The van der Waals surface area contributed by atoms with Gasteiger partial charge in [0.05, 0.1) is 32.7 Å². The number of anilines is 1. The Balaban J connectivity index is 1.84. The maximum Gasteiger partial charge on any atom is 0.226 e. The Bertz CT molecular complexity index is 1030. The first-order valence-electron chi connectivity index (χ1n) is 8.88. The van der Waals surface area contributed by atoms with Gasteiger partial charge in [-0.1, -0.05) is 18.2 Å². The van der Waals surface area contributed by atoms with Crippen LogP contribution >= 0.6 is 0 Å². The Labute approximate surface area is 162 Å². The Hall–Kier alpha value is -3.48. The lowest BCUT2D eigenvalue weighted by atomic mass is 9.89. The maximum absolute atomic E-state index is 12.5. The number of benzene rings is 2. The molecule has 7 nitrogen and oxygen atoms in total. The first-order chi connectivity index (χ1) is 13.7. The zero-order chi connectivity index (χ0) is 19.7. The minimum Gasteiger partial charge on any atom is -0.497 e. The molecule has 1 aliphatic rings. The summed E-state index contributed by atoms with van der Waals surface area (Å²) < 4.78 is 18.2. The number of imidazole rings is 1. The number of carbonyl (C=O) groups excluding carboxylic acids is 1. The summed E-state index contributed by atoms with van der Waals surface area (Å²) in [7, 11) is 4.81. The fourth-order valence-electron chi connectivity index (χ4n) is 3.61. The molecule has 0 bridgehead atoms. The van der Waals surface area contributed by atoms with Crippen molar-refractivity contribution in [1.82, 2.24) is 9.55 Å². The van der Waals surface area contributed by atoms with Crippen molar-refractivity contribution >= 4 is 11.7 Å².